The molecule has 0 aliphatic heterocycles. The average Bonchev–Trinajstić information content (AvgIpc) is 3.14. The van der Waals surface area contributed by atoms with E-state index in [2.05, 4.69) is 15.6 Å². The standard InChI is InChI=1S/C21H28FN3O4/c1-4-28-21(27)25-17(11-14(2)3)12-23-19(26)9-10-20-24-13-18(29-20)15-5-7-16(22)8-6-15/h5-8,13-14,17H,4,9-12H2,1-3H3,(H,23,26)(H,25,27). The molecule has 0 bridgehead atoms. The molecule has 0 fully saturated rings. The highest BCUT2D eigenvalue weighted by Crippen LogP contribution is 2.21. The zero-order chi connectivity index (χ0) is 21.2. The smallest absolute Gasteiger partial charge is 0.407 e. The van der Waals surface area contributed by atoms with Crippen LogP contribution < -0.4 is 10.6 Å². The van der Waals surface area contributed by atoms with E-state index in [-0.39, 0.29) is 24.2 Å². The molecule has 158 valence electrons. The molecule has 7 nitrogen and oxygen atoms in total. The number of alkyl carbamates (subject to hydrolysis) is 1. The number of hydrogen-bond donors (Lipinski definition) is 2. The van der Waals surface area contributed by atoms with Crippen LogP contribution in [-0.2, 0) is 16.0 Å². The van der Waals surface area contributed by atoms with Gasteiger partial charge in [-0.3, -0.25) is 4.79 Å². The lowest BCUT2D eigenvalue weighted by Crippen LogP contribution is -2.44. The molecule has 2 aromatic rings. The summed E-state index contributed by atoms with van der Waals surface area (Å²) in [6.45, 7) is 6.44. The molecule has 0 radical (unpaired) electrons. The van der Waals surface area contributed by atoms with Crippen LogP contribution in [-0.4, -0.2) is 36.2 Å². The van der Waals surface area contributed by atoms with Gasteiger partial charge >= 0.3 is 6.09 Å². The lowest BCUT2D eigenvalue weighted by Gasteiger charge is -2.20. The number of oxazole rings is 1. The first kappa shape index (κ1) is 22.4. The van der Waals surface area contributed by atoms with E-state index < -0.39 is 6.09 Å². The maximum atomic E-state index is 13.0. The molecule has 0 saturated heterocycles. The van der Waals surface area contributed by atoms with Gasteiger partial charge in [-0.15, -0.1) is 0 Å². The van der Waals surface area contributed by atoms with Crippen LogP contribution in [0.4, 0.5) is 9.18 Å². The Morgan fingerprint density at radius 2 is 1.97 bits per heavy atom. The molecule has 1 aromatic carbocycles. The summed E-state index contributed by atoms with van der Waals surface area (Å²) in [5.41, 5.74) is 0.719. The molecule has 8 heteroatoms. The van der Waals surface area contributed by atoms with Crippen molar-refractivity contribution in [1.29, 1.82) is 0 Å². The Kier molecular flexibility index (Phi) is 8.64. The van der Waals surface area contributed by atoms with Gasteiger partial charge in [0.2, 0.25) is 5.91 Å². The lowest BCUT2D eigenvalue weighted by atomic mass is 10.0. The molecule has 0 saturated carbocycles. The van der Waals surface area contributed by atoms with Crippen LogP contribution in [0.3, 0.4) is 0 Å². The minimum Gasteiger partial charge on any atom is -0.450 e. The first-order chi connectivity index (χ1) is 13.9. The van der Waals surface area contributed by atoms with Crippen LogP contribution in [0.1, 0.15) is 39.5 Å². The predicted octanol–water partition coefficient (Wildman–Crippen LogP) is 3.69. The molecular formula is C21H28FN3O4. The van der Waals surface area contributed by atoms with E-state index in [1.165, 1.54) is 12.1 Å². The van der Waals surface area contributed by atoms with E-state index in [1.807, 2.05) is 13.8 Å². The maximum absolute atomic E-state index is 13.0. The van der Waals surface area contributed by atoms with Gasteiger partial charge in [-0.05, 0) is 43.5 Å². The van der Waals surface area contributed by atoms with Crippen LogP contribution in [0.15, 0.2) is 34.9 Å². The zero-order valence-electron chi connectivity index (χ0n) is 17.0. The minimum absolute atomic E-state index is 0.161. The molecule has 1 aromatic heterocycles. The molecule has 1 heterocycles. The zero-order valence-corrected chi connectivity index (χ0v) is 17.0. The van der Waals surface area contributed by atoms with Crippen molar-refractivity contribution in [3.05, 3.63) is 42.2 Å². The monoisotopic (exact) mass is 405 g/mol. The number of nitrogens with one attached hydrogen (secondary N) is 2. The van der Waals surface area contributed by atoms with Crippen LogP contribution in [0.5, 0.6) is 0 Å². The fourth-order valence-electron chi connectivity index (χ4n) is 2.82. The van der Waals surface area contributed by atoms with Crippen molar-refractivity contribution in [2.75, 3.05) is 13.2 Å². The summed E-state index contributed by atoms with van der Waals surface area (Å²) < 4.78 is 23.5. The highest BCUT2D eigenvalue weighted by atomic mass is 19.1. The van der Waals surface area contributed by atoms with Gasteiger partial charge in [-0.1, -0.05) is 13.8 Å². The van der Waals surface area contributed by atoms with Crippen molar-refractivity contribution in [1.82, 2.24) is 15.6 Å². The topological polar surface area (TPSA) is 93.5 Å². The number of aryl methyl sites for hydroxylation is 1. The van der Waals surface area contributed by atoms with Crippen molar-refractivity contribution in [2.24, 2.45) is 5.92 Å². The number of carbonyl (C=O) groups is 2. The van der Waals surface area contributed by atoms with Crippen LogP contribution in [0.2, 0.25) is 0 Å². The molecule has 1 atom stereocenters. The third-order valence-corrected chi connectivity index (χ3v) is 4.15. The molecule has 2 N–H and O–H groups in total. The quantitative estimate of drug-likeness (QED) is 0.629. The number of hydrogen-bond acceptors (Lipinski definition) is 5. The molecule has 0 aliphatic rings. The van der Waals surface area contributed by atoms with Crippen molar-refractivity contribution in [2.45, 2.75) is 46.1 Å². The fourth-order valence-corrected chi connectivity index (χ4v) is 2.82. The molecule has 2 rings (SSSR count). The molecule has 2 amide bonds. The summed E-state index contributed by atoms with van der Waals surface area (Å²) in [4.78, 5) is 28.0. The van der Waals surface area contributed by atoms with E-state index in [1.54, 1.807) is 25.3 Å². The van der Waals surface area contributed by atoms with Crippen molar-refractivity contribution in [3.63, 3.8) is 0 Å². The summed E-state index contributed by atoms with van der Waals surface area (Å²) in [5, 5.41) is 5.60. The van der Waals surface area contributed by atoms with Gasteiger partial charge in [0.25, 0.3) is 0 Å². The highest BCUT2D eigenvalue weighted by Gasteiger charge is 2.16. The summed E-state index contributed by atoms with van der Waals surface area (Å²) >= 11 is 0. The van der Waals surface area contributed by atoms with E-state index >= 15 is 0 Å². The fraction of sp³-hybridized carbons (Fsp3) is 0.476. The predicted molar refractivity (Wildman–Crippen MR) is 107 cm³/mol. The lowest BCUT2D eigenvalue weighted by molar-refractivity contribution is -0.121. The van der Waals surface area contributed by atoms with Gasteiger partial charge in [0, 0.05) is 31.0 Å². The Hall–Kier alpha value is -2.90. The number of aromatic nitrogens is 1. The number of benzene rings is 1. The van der Waals surface area contributed by atoms with Gasteiger partial charge in [0.05, 0.1) is 12.8 Å². The Balaban J connectivity index is 1.80. The van der Waals surface area contributed by atoms with Gasteiger partial charge < -0.3 is 19.8 Å². The number of nitrogens with zero attached hydrogens (tertiary/aromatic N) is 1. The molecule has 0 aliphatic carbocycles. The number of rotatable bonds is 10. The van der Waals surface area contributed by atoms with Crippen LogP contribution >= 0.6 is 0 Å². The molecule has 29 heavy (non-hydrogen) atoms. The van der Waals surface area contributed by atoms with Gasteiger partial charge in [-0.2, -0.15) is 0 Å². The van der Waals surface area contributed by atoms with Crippen LogP contribution in [0.25, 0.3) is 11.3 Å². The second kappa shape index (κ2) is 11.2. The largest absolute Gasteiger partial charge is 0.450 e. The van der Waals surface area contributed by atoms with E-state index in [0.29, 0.717) is 37.1 Å². The van der Waals surface area contributed by atoms with Crippen molar-refractivity contribution < 1.29 is 23.1 Å². The van der Waals surface area contributed by atoms with Crippen LogP contribution in [0, 0.1) is 11.7 Å². The van der Waals surface area contributed by atoms with Gasteiger partial charge in [0.15, 0.2) is 11.7 Å². The molecule has 0 spiro atoms. The highest BCUT2D eigenvalue weighted by molar-refractivity contribution is 5.76. The number of ether oxygens (including phenoxy) is 1. The second-order valence-corrected chi connectivity index (χ2v) is 7.12. The third-order valence-electron chi connectivity index (χ3n) is 4.15. The number of amides is 2. The SMILES string of the molecule is CCOC(=O)NC(CNC(=O)CCc1ncc(-c2ccc(F)cc2)o1)CC(C)C. The summed E-state index contributed by atoms with van der Waals surface area (Å²) in [7, 11) is 0. The first-order valence-corrected chi connectivity index (χ1v) is 9.78. The first-order valence-electron chi connectivity index (χ1n) is 9.78. The van der Waals surface area contributed by atoms with Gasteiger partial charge in [0.1, 0.15) is 5.82 Å². The minimum atomic E-state index is -0.486. The summed E-state index contributed by atoms with van der Waals surface area (Å²) in [6.07, 6.45) is 2.34. The summed E-state index contributed by atoms with van der Waals surface area (Å²) in [6, 6.07) is 5.71. The normalized spacial score (nSPS) is 11.9. The Bertz CT molecular complexity index is 789. The van der Waals surface area contributed by atoms with Gasteiger partial charge in [-0.25, -0.2) is 14.2 Å². The number of halogens is 1. The maximum Gasteiger partial charge on any atom is 0.407 e. The summed E-state index contributed by atoms with van der Waals surface area (Å²) in [5.74, 6) is 0.833. The molecular weight excluding hydrogens is 377 g/mol. The second-order valence-electron chi connectivity index (χ2n) is 7.12. The van der Waals surface area contributed by atoms with Crippen molar-refractivity contribution >= 4 is 12.0 Å². The van der Waals surface area contributed by atoms with Crippen molar-refractivity contribution in [3.8, 4) is 11.3 Å². The molecule has 1 unspecified atom stereocenters. The van der Waals surface area contributed by atoms with E-state index in [0.717, 1.165) is 12.0 Å². The average molecular weight is 405 g/mol. The Labute approximate surface area is 170 Å². The number of carbonyl (C=O) groups excluding carboxylic acids is 2. The Morgan fingerprint density at radius 3 is 2.62 bits per heavy atom. The Morgan fingerprint density at radius 1 is 1.24 bits per heavy atom. The third kappa shape index (κ3) is 7.93. The van der Waals surface area contributed by atoms with E-state index in [9.17, 15) is 14.0 Å². The van der Waals surface area contributed by atoms with E-state index in [4.69, 9.17) is 9.15 Å².